The van der Waals surface area contributed by atoms with Gasteiger partial charge in [-0.2, -0.15) is 10.5 Å². The number of methoxy groups -OCH3 is 1. The Hall–Kier alpha value is -3.36. The molecule has 25 heavy (non-hydrogen) atoms. The van der Waals surface area contributed by atoms with Gasteiger partial charge in [0.25, 0.3) is 0 Å². The van der Waals surface area contributed by atoms with Gasteiger partial charge in [-0.25, -0.2) is 4.98 Å². The summed E-state index contributed by atoms with van der Waals surface area (Å²) in [5.74, 6) is -1.31. The molecule has 124 valence electrons. The van der Waals surface area contributed by atoms with E-state index in [0.29, 0.717) is 5.56 Å². The number of ether oxygens (including phenoxy) is 1. The van der Waals surface area contributed by atoms with Crippen molar-refractivity contribution in [3.63, 3.8) is 0 Å². The summed E-state index contributed by atoms with van der Waals surface area (Å²) in [4.78, 5) is 28.1. The molecule has 2 N–H and O–H groups in total. The van der Waals surface area contributed by atoms with Crippen molar-refractivity contribution in [1.29, 1.82) is 10.5 Å². The first-order valence-electron chi connectivity index (χ1n) is 6.96. The van der Waals surface area contributed by atoms with E-state index in [2.05, 4.69) is 9.72 Å². The molecule has 0 radical (unpaired) electrons. The number of esters is 1. The average Bonchev–Trinajstić information content (AvgIpc) is 2.65. The van der Waals surface area contributed by atoms with Crippen LogP contribution in [0.5, 0.6) is 0 Å². The molecule has 0 amide bonds. The monoisotopic (exact) mass is 352 g/mol. The topological polar surface area (TPSA) is 130 Å². The van der Waals surface area contributed by atoms with Gasteiger partial charge in [-0.1, -0.05) is 42.1 Å². The lowest BCUT2D eigenvalue weighted by atomic mass is 9.96. The maximum Gasteiger partial charge on any atom is 0.316 e. The van der Waals surface area contributed by atoms with Gasteiger partial charge in [-0.3, -0.25) is 9.59 Å². The third kappa shape index (κ3) is 3.77. The zero-order chi connectivity index (χ0) is 18.4. The molecule has 0 aliphatic rings. The molecule has 2 rings (SSSR count). The quantitative estimate of drug-likeness (QED) is 0.490. The van der Waals surface area contributed by atoms with Gasteiger partial charge < -0.3 is 10.5 Å². The van der Waals surface area contributed by atoms with Gasteiger partial charge in [0, 0.05) is 5.56 Å². The number of ketones is 1. The van der Waals surface area contributed by atoms with Crippen molar-refractivity contribution in [2.75, 3.05) is 18.6 Å². The number of pyridine rings is 1. The maximum atomic E-state index is 12.8. The number of hydrogen-bond donors (Lipinski definition) is 1. The van der Waals surface area contributed by atoms with Crippen LogP contribution in [-0.4, -0.2) is 29.6 Å². The number of nitrogen functional groups attached to an aromatic ring is 1. The summed E-state index contributed by atoms with van der Waals surface area (Å²) in [7, 11) is 1.24. The first-order valence-corrected chi connectivity index (χ1v) is 7.95. The summed E-state index contributed by atoms with van der Waals surface area (Å²) in [6.45, 7) is 0. The van der Waals surface area contributed by atoms with Crippen molar-refractivity contribution in [1.82, 2.24) is 4.98 Å². The largest absolute Gasteiger partial charge is 0.468 e. The van der Waals surface area contributed by atoms with Crippen LogP contribution in [0.15, 0.2) is 35.4 Å². The third-order valence-electron chi connectivity index (χ3n) is 3.23. The fourth-order valence-corrected chi connectivity index (χ4v) is 2.88. The molecular weight excluding hydrogens is 340 g/mol. The molecule has 2 aromatic rings. The molecule has 0 fully saturated rings. The lowest BCUT2D eigenvalue weighted by Crippen LogP contribution is -2.13. The highest BCUT2D eigenvalue weighted by Gasteiger charge is 2.25. The minimum absolute atomic E-state index is 0.0893. The van der Waals surface area contributed by atoms with Crippen molar-refractivity contribution in [2.24, 2.45) is 0 Å². The number of rotatable bonds is 5. The molecule has 0 saturated heterocycles. The van der Waals surface area contributed by atoms with Crippen LogP contribution in [0.2, 0.25) is 0 Å². The molecule has 7 nitrogen and oxygen atoms in total. The number of thioether (sulfide) groups is 1. The molecule has 0 aliphatic carbocycles. The Balaban J connectivity index is 2.62. The number of benzene rings is 1. The number of nitrogens with two attached hydrogens (primary N) is 1. The SMILES string of the molecule is COC(=O)CSc1nc(N)c(C#N)c(C(=O)c2ccccc2)c1C#N. The standard InChI is InChI=1S/C17H12N4O3S/c1-24-13(22)9-25-17-12(8-19)14(11(7-18)16(20)21-17)15(23)10-5-3-2-4-6-10/h2-6H,9H2,1H3,(H2,20,21). The minimum atomic E-state index is -0.519. The zero-order valence-electron chi connectivity index (χ0n) is 13.1. The van der Waals surface area contributed by atoms with E-state index in [1.54, 1.807) is 30.3 Å². The predicted octanol–water partition coefficient (Wildman–Crippen LogP) is 1.90. The molecule has 0 bridgehead atoms. The molecule has 1 heterocycles. The highest BCUT2D eigenvalue weighted by molar-refractivity contribution is 7.99. The van der Waals surface area contributed by atoms with E-state index in [0.717, 1.165) is 11.8 Å². The molecular formula is C17H12N4O3S. The van der Waals surface area contributed by atoms with Gasteiger partial charge in [0.2, 0.25) is 0 Å². The summed E-state index contributed by atoms with van der Waals surface area (Å²) in [6.07, 6.45) is 0. The van der Waals surface area contributed by atoms with E-state index in [1.807, 2.05) is 12.1 Å². The van der Waals surface area contributed by atoms with Gasteiger partial charge in [0.1, 0.15) is 28.5 Å². The van der Waals surface area contributed by atoms with Crippen LogP contribution in [0.1, 0.15) is 27.0 Å². The number of nitriles is 2. The Morgan fingerprint density at radius 2 is 1.84 bits per heavy atom. The molecule has 0 spiro atoms. The second-order valence-corrected chi connectivity index (χ2v) is 5.67. The Morgan fingerprint density at radius 3 is 2.40 bits per heavy atom. The van der Waals surface area contributed by atoms with E-state index in [1.165, 1.54) is 7.11 Å². The van der Waals surface area contributed by atoms with Gasteiger partial charge in [-0.05, 0) is 0 Å². The van der Waals surface area contributed by atoms with E-state index in [4.69, 9.17) is 5.73 Å². The number of carbonyl (C=O) groups excluding carboxylic acids is 2. The minimum Gasteiger partial charge on any atom is -0.468 e. The van der Waals surface area contributed by atoms with E-state index >= 15 is 0 Å². The fraction of sp³-hybridized carbons (Fsp3) is 0.118. The van der Waals surface area contributed by atoms with Gasteiger partial charge in [0.15, 0.2) is 5.78 Å². The first kappa shape index (κ1) is 18.0. The summed E-state index contributed by atoms with van der Waals surface area (Å²) < 4.78 is 4.55. The second kappa shape index (κ2) is 7.95. The van der Waals surface area contributed by atoms with E-state index in [9.17, 15) is 20.1 Å². The molecule has 0 atom stereocenters. The van der Waals surface area contributed by atoms with Crippen LogP contribution >= 0.6 is 11.8 Å². The summed E-state index contributed by atoms with van der Waals surface area (Å²) in [6, 6.07) is 12.0. The van der Waals surface area contributed by atoms with Crippen molar-refractivity contribution in [3.8, 4) is 12.1 Å². The summed E-state index contributed by atoms with van der Waals surface area (Å²) in [5.41, 5.74) is 5.73. The van der Waals surface area contributed by atoms with Crippen LogP contribution in [-0.2, 0) is 9.53 Å². The van der Waals surface area contributed by atoms with Gasteiger partial charge in [0.05, 0.1) is 24.0 Å². The molecule has 8 heteroatoms. The fourth-order valence-electron chi connectivity index (χ4n) is 2.05. The highest BCUT2D eigenvalue weighted by atomic mass is 32.2. The first-order chi connectivity index (χ1) is 12.0. The Kier molecular flexibility index (Phi) is 5.72. The maximum absolute atomic E-state index is 12.8. The predicted molar refractivity (Wildman–Crippen MR) is 90.7 cm³/mol. The molecule has 0 aliphatic heterocycles. The second-order valence-electron chi connectivity index (χ2n) is 4.71. The van der Waals surface area contributed by atoms with Crippen LogP contribution in [0.4, 0.5) is 5.82 Å². The van der Waals surface area contributed by atoms with Crippen LogP contribution < -0.4 is 5.73 Å². The van der Waals surface area contributed by atoms with Crippen molar-refractivity contribution in [2.45, 2.75) is 5.03 Å². The Bertz CT molecular complexity index is 914. The number of aromatic nitrogens is 1. The number of hydrogen-bond acceptors (Lipinski definition) is 8. The van der Waals surface area contributed by atoms with Gasteiger partial charge >= 0.3 is 5.97 Å². The van der Waals surface area contributed by atoms with Crippen LogP contribution in [0, 0.1) is 22.7 Å². The van der Waals surface area contributed by atoms with Crippen molar-refractivity contribution < 1.29 is 14.3 Å². The molecule has 1 aromatic heterocycles. The van der Waals surface area contributed by atoms with Gasteiger partial charge in [-0.15, -0.1) is 0 Å². The third-order valence-corrected chi connectivity index (χ3v) is 4.18. The molecule has 0 saturated carbocycles. The smallest absolute Gasteiger partial charge is 0.316 e. The highest BCUT2D eigenvalue weighted by Crippen LogP contribution is 2.30. The van der Waals surface area contributed by atoms with Crippen LogP contribution in [0.25, 0.3) is 0 Å². The van der Waals surface area contributed by atoms with E-state index in [-0.39, 0.29) is 33.3 Å². The molecule has 1 aromatic carbocycles. The number of carbonyl (C=O) groups is 2. The summed E-state index contributed by atoms with van der Waals surface area (Å²) in [5, 5.41) is 19.0. The normalized spacial score (nSPS) is 9.72. The average molecular weight is 352 g/mol. The Labute approximate surface area is 148 Å². The molecule has 0 unspecified atom stereocenters. The number of nitrogens with zero attached hydrogens (tertiary/aromatic N) is 3. The Morgan fingerprint density at radius 1 is 1.20 bits per heavy atom. The van der Waals surface area contributed by atoms with Crippen molar-refractivity contribution >= 4 is 29.3 Å². The van der Waals surface area contributed by atoms with Crippen LogP contribution in [0.3, 0.4) is 0 Å². The zero-order valence-corrected chi connectivity index (χ0v) is 14.0. The van der Waals surface area contributed by atoms with Crippen molar-refractivity contribution in [3.05, 3.63) is 52.6 Å². The lowest BCUT2D eigenvalue weighted by molar-refractivity contribution is -0.137. The number of anilines is 1. The van der Waals surface area contributed by atoms with E-state index < -0.39 is 11.8 Å². The summed E-state index contributed by atoms with van der Waals surface area (Å²) >= 11 is 0.915. The lowest BCUT2D eigenvalue weighted by Gasteiger charge is -2.11.